The monoisotopic (exact) mass is 436 g/mol. The largest absolute Gasteiger partial charge is 0.493 e. The molecule has 2 rings (SSSR count). The second-order valence-electron chi connectivity index (χ2n) is 6.86. The van der Waals surface area contributed by atoms with Crippen LogP contribution in [-0.4, -0.2) is 38.3 Å². The summed E-state index contributed by atoms with van der Waals surface area (Å²) in [5.41, 5.74) is 0.817. The maximum atomic E-state index is 13.1. The molecule has 0 aliphatic heterocycles. The van der Waals surface area contributed by atoms with Gasteiger partial charge in [-0.25, -0.2) is 12.8 Å². The third-order valence-electron chi connectivity index (χ3n) is 4.71. The highest BCUT2D eigenvalue weighted by Crippen LogP contribution is 2.19. The molecule has 164 valence electrons. The number of ether oxygens (including phenoxy) is 1. The maximum Gasteiger partial charge on any atom is 0.243 e. The summed E-state index contributed by atoms with van der Waals surface area (Å²) in [6.07, 6.45) is 0.768. The zero-order valence-electron chi connectivity index (χ0n) is 17.6. The van der Waals surface area contributed by atoms with Gasteiger partial charge in [0.15, 0.2) is 0 Å². The van der Waals surface area contributed by atoms with Crippen LogP contribution in [0.3, 0.4) is 0 Å². The zero-order valence-corrected chi connectivity index (χ0v) is 18.4. The molecule has 0 aliphatic carbocycles. The van der Waals surface area contributed by atoms with E-state index in [4.69, 9.17) is 4.74 Å². The highest BCUT2D eigenvalue weighted by atomic mass is 32.2. The Morgan fingerprint density at radius 3 is 2.40 bits per heavy atom. The summed E-state index contributed by atoms with van der Waals surface area (Å²) in [5.74, 6) is -0.0660. The van der Waals surface area contributed by atoms with Crippen molar-refractivity contribution in [2.24, 2.45) is 0 Å². The summed E-state index contributed by atoms with van der Waals surface area (Å²) in [6, 6.07) is 12.2. The van der Waals surface area contributed by atoms with Crippen LogP contribution in [0.1, 0.15) is 45.2 Å². The van der Waals surface area contributed by atoms with Gasteiger partial charge in [-0.05, 0) is 43.2 Å². The minimum absolute atomic E-state index is 0.134. The van der Waals surface area contributed by atoms with Crippen molar-refractivity contribution in [1.82, 2.24) is 9.62 Å². The molecule has 30 heavy (non-hydrogen) atoms. The van der Waals surface area contributed by atoms with Crippen molar-refractivity contribution in [2.75, 3.05) is 19.7 Å². The molecule has 1 unspecified atom stereocenters. The molecule has 0 aliphatic rings. The third-order valence-corrected chi connectivity index (χ3v) is 6.78. The number of benzene rings is 2. The van der Waals surface area contributed by atoms with Gasteiger partial charge in [-0.15, -0.1) is 0 Å². The number of rotatable bonds is 11. The predicted molar refractivity (Wildman–Crippen MR) is 114 cm³/mol. The standard InChI is InChI=1S/C22H29FN2O4S/c1-4-25(5-2)30(27,28)21-13-11-18(12-14-21)17(3)24-22(26)10-7-15-29-20-9-6-8-19(23)16-20/h6,8-9,11-14,16-17H,4-5,7,10,15H2,1-3H3,(H,24,26). The lowest BCUT2D eigenvalue weighted by atomic mass is 10.1. The highest BCUT2D eigenvalue weighted by Gasteiger charge is 2.21. The minimum atomic E-state index is -3.50. The van der Waals surface area contributed by atoms with Crippen LogP contribution in [0.15, 0.2) is 53.4 Å². The lowest BCUT2D eigenvalue weighted by Gasteiger charge is -2.19. The first kappa shape index (κ1) is 23.8. The van der Waals surface area contributed by atoms with Gasteiger partial charge < -0.3 is 10.1 Å². The Kier molecular flexibility index (Phi) is 8.80. The summed E-state index contributed by atoms with van der Waals surface area (Å²) in [4.78, 5) is 12.4. The van der Waals surface area contributed by atoms with E-state index in [-0.39, 0.29) is 29.1 Å². The van der Waals surface area contributed by atoms with Gasteiger partial charge in [0.1, 0.15) is 11.6 Å². The molecule has 0 heterocycles. The van der Waals surface area contributed by atoms with E-state index in [1.54, 1.807) is 50.2 Å². The van der Waals surface area contributed by atoms with Crippen LogP contribution in [-0.2, 0) is 14.8 Å². The molecule has 0 saturated heterocycles. The summed E-state index contributed by atoms with van der Waals surface area (Å²) < 4.78 is 45.0. The van der Waals surface area contributed by atoms with Crippen molar-refractivity contribution in [2.45, 2.75) is 44.6 Å². The first-order valence-electron chi connectivity index (χ1n) is 10.1. The number of hydrogen-bond acceptors (Lipinski definition) is 4. The van der Waals surface area contributed by atoms with E-state index >= 15 is 0 Å². The first-order valence-corrected chi connectivity index (χ1v) is 11.5. The molecular weight excluding hydrogens is 407 g/mol. The fourth-order valence-corrected chi connectivity index (χ4v) is 4.48. The van der Waals surface area contributed by atoms with Gasteiger partial charge in [-0.3, -0.25) is 4.79 Å². The zero-order chi connectivity index (χ0) is 22.1. The second-order valence-corrected chi connectivity index (χ2v) is 8.79. The van der Waals surface area contributed by atoms with Crippen molar-refractivity contribution in [3.05, 3.63) is 59.9 Å². The third kappa shape index (κ3) is 6.53. The molecule has 2 aromatic rings. The van der Waals surface area contributed by atoms with E-state index in [0.717, 1.165) is 5.56 Å². The number of carbonyl (C=O) groups is 1. The number of nitrogens with one attached hydrogen (secondary N) is 1. The van der Waals surface area contributed by atoms with E-state index in [9.17, 15) is 17.6 Å². The van der Waals surface area contributed by atoms with Crippen LogP contribution in [0.2, 0.25) is 0 Å². The molecule has 0 bridgehead atoms. The van der Waals surface area contributed by atoms with Gasteiger partial charge in [-0.1, -0.05) is 32.0 Å². The number of hydrogen-bond donors (Lipinski definition) is 1. The SMILES string of the molecule is CCN(CC)S(=O)(=O)c1ccc(C(C)NC(=O)CCCOc2cccc(F)c2)cc1. The van der Waals surface area contributed by atoms with Crippen molar-refractivity contribution in [3.63, 3.8) is 0 Å². The Labute approximate surface area is 178 Å². The lowest BCUT2D eigenvalue weighted by molar-refractivity contribution is -0.121. The van der Waals surface area contributed by atoms with Crippen LogP contribution in [0.5, 0.6) is 5.75 Å². The fraction of sp³-hybridized carbons (Fsp3) is 0.409. The number of nitrogens with zero attached hydrogens (tertiary/aromatic N) is 1. The second kappa shape index (κ2) is 11.1. The molecule has 0 aromatic heterocycles. The average molecular weight is 437 g/mol. The van der Waals surface area contributed by atoms with E-state index < -0.39 is 10.0 Å². The molecule has 0 radical (unpaired) electrons. The number of halogens is 1. The molecule has 1 N–H and O–H groups in total. The Bertz CT molecular complexity index is 928. The highest BCUT2D eigenvalue weighted by molar-refractivity contribution is 7.89. The van der Waals surface area contributed by atoms with Crippen LogP contribution in [0.4, 0.5) is 4.39 Å². The van der Waals surface area contributed by atoms with Crippen molar-refractivity contribution >= 4 is 15.9 Å². The fourth-order valence-electron chi connectivity index (χ4n) is 3.02. The normalized spacial score (nSPS) is 12.6. The number of carbonyl (C=O) groups excluding carboxylic acids is 1. The number of sulfonamides is 1. The smallest absolute Gasteiger partial charge is 0.243 e. The molecule has 0 saturated carbocycles. The Hall–Kier alpha value is -2.45. The molecule has 2 aromatic carbocycles. The van der Waals surface area contributed by atoms with E-state index in [2.05, 4.69) is 5.32 Å². The van der Waals surface area contributed by atoms with Gasteiger partial charge in [0, 0.05) is 25.6 Å². The summed E-state index contributed by atoms with van der Waals surface area (Å²) in [7, 11) is -3.50. The summed E-state index contributed by atoms with van der Waals surface area (Å²) in [6.45, 7) is 6.58. The quantitative estimate of drug-likeness (QED) is 0.542. The van der Waals surface area contributed by atoms with E-state index in [1.807, 2.05) is 6.92 Å². The summed E-state index contributed by atoms with van der Waals surface area (Å²) >= 11 is 0. The Balaban J connectivity index is 1.83. The van der Waals surface area contributed by atoms with Gasteiger partial charge in [0.25, 0.3) is 0 Å². The van der Waals surface area contributed by atoms with Crippen LogP contribution in [0.25, 0.3) is 0 Å². The van der Waals surface area contributed by atoms with Gasteiger partial charge in [0.05, 0.1) is 17.5 Å². The molecule has 6 nitrogen and oxygen atoms in total. The summed E-state index contributed by atoms with van der Waals surface area (Å²) in [5, 5.41) is 2.89. The molecule has 8 heteroatoms. The van der Waals surface area contributed by atoms with Crippen molar-refractivity contribution in [3.8, 4) is 5.75 Å². The molecule has 1 atom stereocenters. The maximum absolute atomic E-state index is 13.1. The van der Waals surface area contributed by atoms with Gasteiger partial charge in [0.2, 0.25) is 15.9 Å². The van der Waals surface area contributed by atoms with E-state index in [1.165, 1.54) is 16.4 Å². The average Bonchev–Trinajstić information content (AvgIpc) is 2.72. The van der Waals surface area contributed by atoms with E-state index in [0.29, 0.717) is 31.9 Å². The molecule has 0 spiro atoms. The Morgan fingerprint density at radius 1 is 1.13 bits per heavy atom. The first-order chi connectivity index (χ1) is 14.3. The Morgan fingerprint density at radius 2 is 1.80 bits per heavy atom. The van der Waals surface area contributed by atoms with Crippen molar-refractivity contribution in [1.29, 1.82) is 0 Å². The van der Waals surface area contributed by atoms with Crippen molar-refractivity contribution < 1.29 is 22.3 Å². The van der Waals surface area contributed by atoms with Gasteiger partial charge in [-0.2, -0.15) is 4.31 Å². The molecular formula is C22H29FN2O4S. The van der Waals surface area contributed by atoms with Gasteiger partial charge >= 0.3 is 0 Å². The topological polar surface area (TPSA) is 75.7 Å². The van der Waals surface area contributed by atoms with Crippen LogP contribution in [0, 0.1) is 5.82 Å². The lowest BCUT2D eigenvalue weighted by Crippen LogP contribution is -2.30. The molecule has 0 fully saturated rings. The van der Waals surface area contributed by atoms with Crippen LogP contribution >= 0.6 is 0 Å². The van der Waals surface area contributed by atoms with Crippen LogP contribution < -0.4 is 10.1 Å². The minimum Gasteiger partial charge on any atom is -0.493 e. The number of amides is 1. The molecule has 1 amide bonds. The predicted octanol–water partition coefficient (Wildman–Crippen LogP) is 3.89.